The number of amides is 3. The molecular weight excluding hydrogens is 386 g/mol. The molecule has 0 bridgehead atoms. The number of hydrogen-bond acceptors (Lipinski definition) is 5. The van der Waals surface area contributed by atoms with Crippen molar-refractivity contribution in [3.8, 4) is 0 Å². The first-order chi connectivity index (χ1) is 14.2. The molecular formula is C22H27N3O5. The number of hydrogen-bond donors (Lipinski definition) is 3. The molecule has 2 aromatic carbocycles. The van der Waals surface area contributed by atoms with Gasteiger partial charge in [0.15, 0.2) is 0 Å². The van der Waals surface area contributed by atoms with Crippen LogP contribution in [0, 0.1) is 0 Å². The first-order valence-corrected chi connectivity index (χ1v) is 9.51. The lowest BCUT2D eigenvalue weighted by Crippen LogP contribution is -2.54. The fraction of sp³-hybridized carbons (Fsp3) is 0.318. The van der Waals surface area contributed by atoms with Crippen LogP contribution >= 0.6 is 0 Å². The van der Waals surface area contributed by atoms with Crippen LogP contribution in [0.3, 0.4) is 0 Å². The number of ether oxygens (including phenoxy) is 2. The fourth-order valence-electron chi connectivity index (χ4n) is 2.29. The molecule has 0 unspecified atom stereocenters. The van der Waals surface area contributed by atoms with Crippen molar-refractivity contribution < 1.29 is 23.9 Å². The first-order valence-electron chi connectivity index (χ1n) is 9.51. The summed E-state index contributed by atoms with van der Waals surface area (Å²) in [6.07, 6.45) is -0.772. The highest BCUT2D eigenvalue weighted by molar-refractivity contribution is 5.96. The monoisotopic (exact) mass is 413 g/mol. The minimum atomic E-state index is -1.07. The van der Waals surface area contributed by atoms with E-state index in [1.807, 2.05) is 51.1 Å². The molecule has 8 nitrogen and oxygen atoms in total. The van der Waals surface area contributed by atoms with Crippen LogP contribution in [0.5, 0.6) is 0 Å². The highest BCUT2D eigenvalue weighted by Crippen LogP contribution is 2.08. The van der Waals surface area contributed by atoms with Crippen LogP contribution in [0.2, 0.25) is 0 Å². The van der Waals surface area contributed by atoms with Gasteiger partial charge in [-0.3, -0.25) is 20.4 Å². The molecule has 0 saturated heterocycles. The number of alkyl carbamates (subject to hydrolysis) is 1. The van der Waals surface area contributed by atoms with E-state index in [9.17, 15) is 14.4 Å². The van der Waals surface area contributed by atoms with E-state index < -0.39 is 29.6 Å². The maximum Gasteiger partial charge on any atom is 0.408 e. The Morgan fingerprint density at radius 3 is 2.10 bits per heavy atom. The summed E-state index contributed by atoms with van der Waals surface area (Å²) in [5.41, 5.74) is 5.30. The van der Waals surface area contributed by atoms with Crippen molar-refractivity contribution in [2.24, 2.45) is 0 Å². The van der Waals surface area contributed by atoms with E-state index in [4.69, 9.17) is 9.47 Å². The molecule has 0 heterocycles. The zero-order valence-corrected chi connectivity index (χ0v) is 17.3. The van der Waals surface area contributed by atoms with Crippen molar-refractivity contribution in [2.75, 3.05) is 6.61 Å². The third kappa shape index (κ3) is 8.32. The number of benzene rings is 2. The maximum absolute atomic E-state index is 12.5. The van der Waals surface area contributed by atoms with Gasteiger partial charge in [-0.05, 0) is 38.5 Å². The van der Waals surface area contributed by atoms with E-state index in [0.29, 0.717) is 5.56 Å². The number of rotatable bonds is 7. The van der Waals surface area contributed by atoms with Crippen LogP contribution in [-0.2, 0) is 20.9 Å². The minimum Gasteiger partial charge on any atom is -0.445 e. The summed E-state index contributed by atoms with van der Waals surface area (Å²) in [6, 6.07) is 16.5. The van der Waals surface area contributed by atoms with Gasteiger partial charge in [-0.1, -0.05) is 48.5 Å². The van der Waals surface area contributed by atoms with E-state index in [0.717, 1.165) is 5.56 Å². The van der Waals surface area contributed by atoms with Crippen LogP contribution < -0.4 is 16.2 Å². The fourth-order valence-corrected chi connectivity index (χ4v) is 2.29. The lowest BCUT2D eigenvalue weighted by Gasteiger charge is -2.24. The standard InChI is InChI=1S/C22H27N3O5/c1-22(2,3)30-15-18(23-21(28)29-14-16-10-6-4-7-11-16)20(27)25-24-19(26)17-12-8-5-9-13-17/h4-13,18H,14-15H2,1-3H3,(H,23,28)(H,24,26)(H,25,27)/t18-/m0/s1. The van der Waals surface area contributed by atoms with Crippen LogP contribution in [0.15, 0.2) is 60.7 Å². The van der Waals surface area contributed by atoms with E-state index >= 15 is 0 Å². The highest BCUT2D eigenvalue weighted by Gasteiger charge is 2.25. The van der Waals surface area contributed by atoms with Gasteiger partial charge in [-0.25, -0.2) is 4.79 Å². The topological polar surface area (TPSA) is 106 Å². The summed E-state index contributed by atoms with van der Waals surface area (Å²) in [4.78, 5) is 36.8. The largest absolute Gasteiger partial charge is 0.445 e. The normalized spacial score (nSPS) is 11.8. The molecule has 3 amide bonds. The van der Waals surface area contributed by atoms with Gasteiger partial charge in [0.05, 0.1) is 12.2 Å². The molecule has 0 aliphatic rings. The van der Waals surface area contributed by atoms with E-state index in [1.54, 1.807) is 30.3 Å². The smallest absolute Gasteiger partial charge is 0.408 e. The first kappa shape index (κ1) is 22.9. The van der Waals surface area contributed by atoms with E-state index in [1.165, 1.54) is 0 Å². The third-order valence-electron chi connectivity index (χ3n) is 3.84. The molecule has 0 aromatic heterocycles. The number of hydrazine groups is 1. The zero-order valence-electron chi connectivity index (χ0n) is 17.3. The molecule has 0 fully saturated rings. The Kier molecular flexibility index (Phi) is 8.37. The summed E-state index contributed by atoms with van der Waals surface area (Å²) >= 11 is 0. The molecule has 160 valence electrons. The van der Waals surface area contributed by atoms with Gasteiger partial charge in [-0.2, -0.15) is 0 Å². The van der Waals surface area contributed by atoms with Gasteiger partial charge >= 0.3 is 6.09 Å². The van der Waals surface area contributed by atoms with Gasteiger partial charge in [0.1, 0.15) is 12.6 Å². The molecule has 0 aliphatic carbocycles. The molecule has 0 aliphatic heterocycles. The Balaban J connectivity index is 1.92. The number of carbonyl (C=O) groups is 3. The van der Waals surface area contributed by atoms with Crippen molar-refractivity contribution in [3.05, 3.63) is 71.8 Å². The molecule has 0 saturated carbocycles. The summed E-state index contributed by atoms with van der Waals surface area (Å²) < 4.78 is 10.8. The van der Waals surface area contributed by atoms with Crippen LogP contribution in [-0.4, -0.2) is 36.2 Å². The summed E-state index contributed by atoms with van der Waals surface area (Å²) in [6.45, 7) is 5.44. The van der Waals surface area contributed by atoms with Crippen molar-refractivity contribution in [1.82, 2.24) is 16.2 Å². The summed E-state index contributed by atoms with van der Waals surface area (Å²) in [7, 11) is 0. The molecule has 1 atom stereocenters. The Hall–Kier alpha value is -3.39. The molecule has 3 N–H and O–H groups in total. The zero-order chi connectivity index (χ0) is 22.0. The van der Waals surface area contributed by atoms with Gasteiger partial charge in [0, 0.05) is 5.56 Å². The summed E-state index contributed by atoms with van der Waals surface area (Å²) in [5, 5.41) is 2.47. The summed E-state index contributed by atoms with van der Waals surface area (Å²) in [5.74, 6) is -1.12. The van der Waals surface area contributed by atoms with Gasteiger partial charge < -0.3 is 14.8 Å². The lowest BCUT2D eigenvalue weighted by molar-refractivity contribution is -0.127. The van der Waals surface area contributed by atoms with Crippen molar-refractivity contribution in [2.45, 2.75) is 39.0 Å². The van der Waals surface area contributed by atoms with Crippen LogP contribution in [0.25, 0.3) is 0 Å². The van der Waals surface area contributed by atoms with Gasteiger partial charge in [0.25, 0.3) is 11.8 Å². The molecule has 8 heteroatoms. The molecule has 0 radical (unpaired) electrons. The SMILES string of the molecule is CC(C)(C)OC[C@H](NC(=O)OCc1ccccc1)C(=O)NNC(=O)c1ccccc1. The van der Waals surface area contributed by atoms with E-state index in [2.05, 4.69) is 16.2 Å². The van der Waals surface area contributed by atoms with Crippen molar-refractivity contribution >= 4 is 17.9 Å². The number of carbonyl (C=O) groups excluding carboxylic acids is 3. The van der Waals surface area contributed by atoms with E-state index in [-0.39, 0.29) is 13.2 Å². The Labute approximate surface area is 175 Å². The second-order valence-corrected chi connectivity index (χ2v) is 7.49. The second kappa shape index (κ2) is 11.0. The molecule has 0 spiro atoms. The lowest BCUT2D eigenvalue weighted by atomic mass is 10.2. The maximum atomic E-state index is 12.5. The average Bonchev–Trinajstić information content (AvgIpc) is 2.74. The second-order valence-electron chi connectivity index (χ2n) is 7.49. The van der Waals surface area contributed by atoms with Gasteiger partial charge in [-0.15, -0.1) is 0 Å². The van der Waals surface area contributed by atoms with Gasteiger partial charge in [0.2, 0.25) is 0 Å². The average molecular weight is 413 g/mol. The molecule has 2 rings (SSSR count). The quantitative estimate of drug-likeness (QED) is 0.605. The van der Waals surface area contributed by atoms with Crippen molar-refractivity contribution in [3.63, 3.8) is 0 Å². The predicted molar refractivity (Wildman–Crippen MR) is 111 cm³/mol. The van der Waals surface area contributed by atoms with Crippen molar-refractivity contribution in [1.29, 1.82) is 0 Å². The number of nitrogens with one attached hydrogen (secondary N) is 3. The Morgan fingerprint density at radius 1 is 0.900 bits per heavy atom. The van der Waals surface area contributed by atoms with Crippen LogP contribution in [0.4, 0.5) is 4.79 Å². The predicted octanol–water partition coefficient (Wildman–Crippen LogP) is 2.56. The third-order valence-corrected chi connectivity index (χ3v) is 3.84. The Morgan fingerprint density at radius 2 is 1.50 bits per heavy atom. The molecule has 2 aromatic rings. The minimum absolute atomic E-state index is 0.0614. The highest BCUT2D eigenvalue weighted by atomic mass is 16.5. The van der Waals surface area contributed by atoms with Crippen LogP contribution in [0.1, 0.15) is 36.7 Å². The Bertz CT molecular complexity index is 835. The molecule has 30 heavy (non-hydrogen) atoms.